The van der Waals surface area contributed by atoms with E-state index in [0.29, 0.717) is 0 Å². The number of aryl methyl sites for hydroxylation is 2. The molecule has 88 valence electrons. The smallest absolute Gasteiger partial charge is 0.306 e. The molecule has 0 aliphatic rings. The summed E-state index contributed by atoms with van der Waals surface area (Å²) < 4.78 is 0. The van der Waals surface area contributed by atoms with Crippen molar-refractivity contribution in [1.29, 1.82) is 0 Å². The Morgan fingerprint density at radius 2 is 1.81 bits per heavy atom. The Balaban J connectivity index is 2.34. The highest BCUT2D eigenvalue weighted by atomic mass is 16.4. The van der Waals surface area contributed by atoms with Crippen LogP contribution in [0.15, 0.2) is 24.3 Å². The van der Waals surface area contributed by atoms with Crippen molar-refractivity contribution in [2.24, 2.45) is 5.92 Å². The van der Waals surface area contributed by atoms with E-state index < -0.39 is 5.97 Å². The minimum absolute atomic E-state index is 0.227. The Labute approximate surface area is 97.3 Å². The number of hydrogen-bond donors (Lipinski definition) is 1. The van der Waals surface area contributed by atoms with Gasteiger partial charge in [-0.1, -0.05) is 38.1 Å². The molecule has 0 fully saturated rings. The largest absolute Gasteiger partial charge is 0.481 e. The minimum Gasteiger partial charge on any atom is -0.481 e. The molecule has 0 bridgehead atoms. The summed E-state index contributed by atoms with van der Waals surface area (Å²) in [5.41, 5.74) is 2.65. The predicted molar refractivity (Wildman–Crippen MR) is 65.6 cm³/mol. The van der Waals surface area contributed by atoms with E-state index in [0.717, 1.165) is 25.7 Å². The first-order valence-electron chi connectivity index (χ1n) is 5.94. The quantitative estimate of drug-likeness (QED) is 0.798. The van der Waals surface area contributed by atoms with Gasteiger partial charge in [0.05, 0.1) is 5.92 Å². The second-order valence-electron chi connectivity index (χ2n) is 4.30. The molecule has 0 aromatic heterocycles. The molecule has 0 saturated heterocycles. The maximum absolute atomic E-state index is 10.6. The molecule has 1 unspecified atom stereocenters. The van der Waals surface area contributed by atoms with E-state index in [-0.39, 0.29) is 5.92 Å². The summed E-state index contributed by atoms with van der Waals surface area (Å²) in [6.45, 7) is 3.91. The zero-order valence-corrected chi connectivity index (χ0v) is 10.1. The first-order valence-corrected chi connectivity index (χ1v) is 5.94. The first kappa shape index (κ1) is 12.8. The van der Waals surface area contributed by atoms with E-state index in [4.69, 9.17) is 5.11 Å². The summed E-state index contributed by atoms with van der Waals surface area (Å²) in [6, 6.07) is 8.58. The molecule has 0 amide bonds. The average Bonchev–Trinajstić information content (AvgIpc) is 2.29. The summed E-state index contributed by atoms with van der Waals surface area (Å²) in [5, 5.41) is 8.75. The van der Waals surface area contributed by atoms with Gasteiger partial charge < -0.3 is 5.11 Å². The van der Waals surface area contributed by atoms with Crippen LogP contribution < -0.4 is 0 Å². The van der Waals surface area contributed by atoms with Gasteiger partial charge in [-0.2, -0.15) is 0 Å². The molecule has 1 aromatic rings. The van der Waals surface area contributed by atoms with Crippen molar-refractivity contribution in [2.45, 2.75) is 39.5 Å². The Kier molecular flexibility index (Phi) is 5.03. The predicted octanol–water partition coefficient (Wildman–Crippen LogP) is 3.29. The number of carbonyl (C=O) groups is 1. The average molecular weight is 220 g/mol. The van der Waals surface area contributed by atoms with Gasteiger partial charge in [0.2, 0.25) is 0 Å². The van der Waals surface area contributed by atoms with Crippen LogP contribution in [0.3, 0.4) is 0 Å². The highest BCUT2D eigenvalue weighted by Crippen LogP contribution is 2.12. The van der Waals surface area contributed by atoms with Crippen LogP contribution in [0.5, 0.6) is 0 Å². The van der Waals surface area contributed by atoms with E-state index in [9.17, 15) is 4.79 Å². The van der Waals surface area contributed by atoms with Crippen LogP contribution in [0.4, 0.5) is 0 Å². The number of rotatable bonds is 6. The van der Waals surface area contributed by atoms with Crippen molar-refractivity contribution in [3.63, 3.8) is 0 Å². The Morgan fingerprint density at radius 1 is 1.25 bits per heavy atom. The van der Waals surface area contributed by atoms with Crippen molar-refractivity contribution < 1.29 is 9.90 Å². The summed E-state index contributed by atoms with van der Waals surface area (Å²) in [6.07, 6.45) is 3.74. The lowest BCUT2D eigenvalue weighted by atomic mass is 10.0. The van der Waals surface area contributed by atoms with Crippen LogP contribution in [-0.2, 0) is 17.6 Å². The van der Waals surface area contributed by atoms with Gasteiger partial charge in [-0.25, -0.2) is 0 Å². The monoisotopic (exact) mass is 220 g/mol. The topological polar surface area (TPSA) is 37.3 Å². The second-order valence-corrected chi connectivity index (χ2v) is 4.30. The fourth-order valence-electron chi connectivity index (χ4n) is 1.68. The Morgan fingerprint density at radius 3 is 2.31 bits per heavy atom. The van der Waals surface area contributed by atoms with Crippen LogP contribution in [0.2, 0.25) is 0 Å². The van der Waals surface area contributed by atoms with Crippen molar-refractivity contribution in [1.82, 2.24) is 0 Å². The van der Waals surface area contributed by atoms with Gasteiger partial charge in [0.15, 0.2) is 0 Å². The zero-order valence-electron chi connectivity index (χ0n) is 10.1. The molecule has 1 rings (SSSR count). The molecule has 0 aliphatic heterocycles. The van der Waals surface area contributed by atoms with E-state index in [1.807, 2.05) is 0 Å². The highest BCUT2D eigenvalue weighted by Gasteiger charge is 2.09. The summed E-state index contributed by atoms with van der Waals surface area (Å²) in [5.74, 6) is -0.920. The molecule has 0 saturated carbocycles. The van der Waals surface area contributed by atoms with Crippen LogP contribution in [-0.4, -0.2) is 11.1 Å². The lowest BCUT2D eigenvalue weighted by molar-refractivity contribution is -0.141. The molecule has 1 atom stereocenters. The van der Waals surface area contributed by atoms with Crippen molar-refractivity contribution in [3.8, 4) is 0 Å². The molecular formula is C14H20O2. The fourth-order valence-corrected chi connectivity index (χ4v) is 1.68. The number of carboxylic acids is 1. The molecule has 1 aromatic carbocycles. The van der Waals surface area contributed by atoms with Gasteiger partial charge in [-0.15, -0.1) is 0 Å². The number of aliphatic carboxylic acids is 1. The van der Waals surface area contributed by atoms with Gasteiger partial charge >= 0.3 is 5.97 Å². The maximum atomic E-state index is 10.6. The zero-order chi connectivity index (χ0) is 12.0. The molecule has 1 N–H and O–H groups in total. The van der Waals surface area contributed by atoms with Gasteiger partial charge in [0, 0.05) is 0 Å². The highest BCUT2D eigenvalue weighted by molar-refractivity contribution is 5.69. The summed E-state index contributed by atoms with van der Waals surface area (Å²) in [7, 11) is 0. The van der Waals surface area contributed by atoms with Crippen molar-refractivity contribution in [3.05, 3.63) is 35.4 Å². The van der Waals surface area contributed by atoms with Crippen LogP contribution in [0, 0.1) is 5.92 Å². The van der Waals surface area contributed by atoms with Crippen molar-refractivity contribution in [2.75, 3.05) is 0 Å². The van der Waals surface area contributed by atoms with E-state index in [1.54, 1.807) is 6.92 Å². The third-order valence-corrected chi connectivity index (χ3v) is 2.96. The fraction of sp³-hybridized carbons (Fsp3) is 0.500. The maximum Gasteiger partial charge on any atom is 0.306 e. The molecule has 16 heavy (non-hydrogen) atoms. The number of hydrogen-bond acceptors (Lipinski definition) is 1. The summed E-state index contributed by atoms with van der Waals surface area (Å²) in [4.78, 5) is 10.6. The van der Waals surface area contributed by atoms with E-state index in [1.165, 1.54) is 11.1 Å². The number of benzene rings is 1. The molecular weight excluding hydrogens is 200 g/mol. The third-order valence-electron chi connectivity index (χ3n) is 2.96. The van der Waals surface area contributed by atoms with Crippen LogP contribution in [0.25, 0.3) is 0 Å². The standard InChI is InChI=1S/C14H20O2/c1-3-12-7-9-13(10-8-12)6-4-5-11(2)14(15)16/h7-11H,3-6H2,1-2H3,(H,15,16). The number of carboxylic acid groups (broad SMARTS) is 1. The molecule has 0 aliphatic carbocycles. The second kappa shape index (κ2) is 6.31. The van der Waals surface area contributed by atoms with Gasteiger partial charge in [-0.05, 0) is 36.8 Å². The Bertz CT molecular complexity index is 327. The van der Waals surface area contributed by atoms with Gasteiger partial charge in [0.25, 0.3) is 0 Å². The molecule has 0 radical (unpaired) electrons. The molecule has 0 spiro atoms. The van der Waals surface area contributed by atoms with Crippen LogP contribution >= 0.6 is 0 Å². The molecule has 0 heterocycles. The molecule has 2 heteroatoms. The lowest BCUT2D eigenvalue weighted by Gasteiger charge is -2.06. The first-order chi connectivity index (χ1) is 7.63. The molecule has 2 nitrogen and oxygen atoms in total. The lowest BCUT2D eigenvalue weighted by Crippen LogP contribution is -2.09. The van der Waals surface area contributed by atoms with Gasteiger partial charge in [-0.3, -0.25) is 4.79 Å². The van der Waals surface area contributed by atoms with Crippen LogP contribution in [0.1, 0.15) is 37.8 Å². The normalized spacial score (nSPS) is 12.4. The van der Waals surface area contributed by atoms with E-state index in [2.05, 4.69) is 31.2 Å². The SMILES string of the molecule is CCc1ccc(CCCC(C)C(=O)O)cc1. The summed E-state index contributed by atoms with van der Waals surface area (Å²) >= 11 is 0. The van der Waals surface area contributed by atoms with Crippen molar-refractivity contribution >= 4 is 5.97 Å². The third kappa shape index (κ3) is 4.05. The minimum atomic E-state index is -0.693. The van der Waals surface area contributed by atoms with Gasteiger partial charge in [0.1, 0.15) is 0 Å². The van der Waals surface area contributed by atoms with E-state index >= 15 is 0 Å². The Hall–Kier alpha value is -1.31.